The average Bonchev–Trinajstić information content (AvgIpc) is 3.44. The van der Waals surface area contributed by atoms with Crippen LogP contribution in [0.3, 0.4) is 0 Å². The first kappa shape index (κ1) is 50.4. The Bertz CT molecular complexity index is 3330. The summed E-state index contributed by atoms with van der Waals surface area (Å²) in [6, 6.07) is 42.0. The molecular formula is C61H65N7O7. The Balaban J connectivity index is 0.865. The molecule has 2 saturated heterocycles. The molecule has 2 aliphatic rings. The maximum atomic E-state index is 6.96. The van der Waals surface area contributed by atoms with E-state index in [1.807, 2.05) is 42.5 Å². The molecule has 2 fully saturated rings. The molecule has 0 bridgehead atoms. The average molecular weight is 1010 g/mol. The minimum absolute atomic E-state index is 0.338. The smallest absolute Gasteiger partial charge is 0.318 e. The van der Waals surface area contributed by atoms with E-state index in [9.17, 15) is 0 Å². The Morgan fingerprint density at radius 1 is 0.600 bits per heavy atom. The molecule has 0 unspecified atom stereocenters. The lowest BCUT2D eigenvalue weighted by atomic mass is 9.92. The van der Waals surface area contributed by atoms with Gasteiger partial charge in [-0.15, -0.1) is 0 Å². The van der Waals surface area contributed by atoms with Gasteiger partial charge in [0.2, 0.25) is 0 Å². The predicted molar refractivity (Wildman–Crippen MR) is 297 cm³/mol. The van der Waals surface area contributed by atoms with Crippen molar-refractivity contribution in [3.63, 3.8) is 0 Å². The number of aromatic nitrogens is 4. The van der Waals surface area contributed by atoms with Gasteiger partial charge in [0, 0.05) is 68.3 Å². The standard InChI is InChI=1S/C61H65N7O7/c1-7-43-34-41(14-20-54(43)69-4)22-30-73-59-63-52-18-16-47(45-11-8-10-44(36-45)40(2)62)38-50(52)57(65-59)67-26-24-61(3,25-27-67)75-49-13-9-12-46(37-49)48-17-19-53-51(39-48)58(68-28-32-72-33-29-68)66-60(64-53)74-31-23-42-15-21-55(70-5)56(35-42)71-6/h8-21,34-39H,2,7,22-33,62H2,1,3-6H3. The van der Waals surface area contributed by atoms with Gasteiger partial charge in [-0.25, -0.2) is 0 Å². The maximum absolute atomic E-state index is 6.96. The molecular weight excluding hydrogens is 943 g/mol. The lowest BCUT2D eigenvalue weighted by Gasteiger charge is -2.40. The fourth-order valence-electron chi connectivity index (χ4n) is 9.96. The second kappa shape index (κ2) is 22.6. The number of fused-ring (bicyclic) bond motifs is 2. The van der Waals surface area contributed by atoms with Gasteiger partial charge >= 0.3 is 12.0 Å². The molecule has 4 heterocycles. The number of rotatable bonds is 19. The predicted octanol–water partition coefficient (Wildman–Crippen LogP) is 10.9. The van der Waals surface area contributed by atoms with E-state index in [2.05, 4.69) is 109 Å². The number of hydrogen-bond donors (Lipinski definition) is 1. The summed E-state index contributed by atoms with van der Waals surface area (Å²) < 4.78 is 41.8. The molecule has 2 aliphatic heterocycles. The van der Waals surface area contributed by atoms with Crippen LogP contribution in [0.25, 0.3) is 49.8 Å². The van der Waals surface area contributed by atoms with E-state index >= 15 is 0 Å². The number of piperidine rings is 1. The van der Waals surface area contributed by atoms with Gasteiger partial charge in [0.05, 0.1) is 58.8 Å². The van der Waals surface area contributed by atoms with Crippen molar-refractivity contribution < 1.29 is 33.2 Å². The fourth-order valence-corrected chi connectivity index (χ4v) is 9.96. The van der Waals surface area contributed by atoms with E-state index in [-0.39, 0.29) is 0 Å². The number of nitrogens with zero attached hydrogens (tertiary/aromatic N) is 6. The minimum Gasteiger partial charge on any atom is -0.496 e. The molecule has 8 aromatic rings. The topological polar surface area (TPSA) is 149 Å². The van der Waals surface area contributed by atoms with Crippen LogP contribution in [0.4, 0.5) is 11.6 Å². The highest BCUT2D eigenvalue weighted by molar-refractivity contribution is 5.95. The Hall–Kier alpha value is -8.10. The molecule has 0 aliphatic carbocycles. The number of ether oxygens (including phenoxy) is 7. The van der Waals surface area contributed by atoms with E-state index in [1.165, 1.54) is 11.1 Å². The maximum Gasteiger partial charge on any atom is 0.318 e. The first-order valence-electron chi connectivity index (χ1n) is 25.8. The number of nitrogens with two attached hydrogens (primary N) is 1. The molecule has 14 heteroatoms. The van der Waals surface area contributed by atoms with Crippen LogP contribution in [0.1, 0.15) is 48.9 Å². The second-order valence-electron chi connectivity index (χ2n) is 19.3. The lowest BCUT2D eigenvalue weighted by molar-refractivity contribution is 0.0621. The molecule has 10 rings (SSSR count). The van der Waals surface area contributed by atoms with Gasteiger partial charge in [-0.2, -0.15) is 19.9 Å². The normalized spacial score (nSPS) is 14.4. The zero-order valence-electron chi connectivity index (χ0n) is 43.6. The molecule has 386 valence electrons. The molecule has 0 saturated carbocycles. The van der Waals surface area contributed by atoms with E-state index in [0.717, 1.165) is 124 Å². The van der Waals surface area contributed by atoms with Gasteiger partial charge in [-0.3, -0.25) is 0 Å². The molecule has 0 atom stereocenters. The Morgan fingerprint density at radius 2 is 1.15 bits per heavy atom. The highest BCUT2D eigenvalue weighted by Gasteiger charge is 2.34. The molecule has 6 aromatic carbocycles. The van der Waals surface area contributed by atoms with Crippen LogP contribution in [0.15, 0.2) is 128 Å². The number of anilines is 2. The van der Waals surface area contributed by atoms with Gasteiger partial charge < -0.3 is 48.7 Å². The van der Waals surface area contributed by atoms with E-state index in [1.54, 1.807) is 21.3 Å². The Labute approximate surface area is 439 Å². The largest absolute Gasteiger partial charge is 0.496 e. The van der Waals surface area contributed by atoms with Gasteiger partial charge in [0.1, 0.15) is 28.7 Å². The Kier molecular flexibility index (Phi) is 15.2. The highest BCUT2D eigenvalue weighted by atomic mass is 16.5. The third-order valence-corrected chi connectivity index (χ3v) is 14.3. The number of hydrogen-bond acceptors (Lipinski definition) is 14. The second-order valence-corrected chi connectivity index (χ2v) is 19.3. The quantitative estimate of drug-likeness (QED) is 0.0819. The van der Waals surface area contributed by atoms with Crippen molar-refractivity contribution in [1.29, 1.82) is 0 Å². The summed E-state index contributed by atoms with van der Waals surface area (Å²) in [7, 11) is 4.98. The summed E-state index contributed by atoms with van der Waals surface area (Å²) in [5, 5.41) is 1.90. The van der Waals surface area contributed by atoms with Crippen LogP contribution in [-0.2, 0) is 24.0 Å². The Morgan fingerprint density at radius 3 is 1.73 bits per heavy atom. The van der Waals surface area contributed by atoms with Crippen LogP contribution in [0.5, 0.6) is 35.0 Å². The summed E-state index contributed by atoms with van der Waals surface area (Å²) in [6.07, 6.45) is 3.78. The van der Waals surface area contributed by atoms with E-state index in [0.29, 0.717) is 68.5 Å². The number of methoxy groups -OCH3 is 3. The molecule has 0 spiro atoms. The molecule has 75 heavy (non-hydrogen) atoms. The summed E-state index contributed by atoms with van der Waals surface area (Å²) >= 11 is 0. The molecule has 2 aromatic heterocycles. The van der Waals surface area contributed by atoms with Gasteiger partial charge in [-0.1, -0.05) is 74.2 Å². The third kappa shape index (κ3) is 11.5. The van der Waals surface area contributed by atoms with Crippen molar-refractivity contribution in [2.75, 3.05) is 83.7 Å². The SMILES string of the molecule is C=C(N)c1cccc(-c2ccc3nc(OCCc4ccc(OC)c(CC)c4)nc(N4CCC(C)(Oc5cccc(-c6ccc7nc(OCCc8ccc(OC)c(OC)c8)nc(N8CCOCC8)c7c6)c5)CC4)c3c2)c1. The molecule has 2 N–H and O–H groups in total. The number of benzene rings is 6. The molecule has 14 nitrogen and oxygen atoms in total. The van der Waals surface area contributed by atoms with Crippen molar-refractivity contribution in [3.05, 3.63) is 150 Å². The van der Waals surface area contributed by atoms with Gasteiger partial charge in [0.25, 0.3) is 0 Å². The fraction of sp³-hybridized carbons (Fsp3) is 0.311. The highest BCUT2D eigenvalue weighted by Crippen LogP contribution is 2.38. The van der Waals surface area contributed by atoms with Crippen LogP contribution in [0, 0.1) is 0 Å². The van der Waals surface area contributed by atoms with Crippen LogP contribution in [-0.4, -0.2) is 99.5 Å². The van der Waals surface area contributed by atoms with Crippen molar-refractivity contribution in [1.82, 2.24) is 19.9 Å². The van der Waals surface area contributed by atoms with Crippen LogP contribution in [0.2, 0.25) is 0 Å². The molecule has 0 radical (unpaired) electrons. The minimum atomic E-state index is -0.431. The first-order valence-corrected chi connectivity index (χ1v) is 25.8. The van der Waals surface area contributed by atoms with Crippen molar-refractivity contribution in [2.24, 2.45) is 5.73 Å². The van der Waals surface area contributed by atoms with E-state index in [4.69, 9.17) is 58.8 Å². The van der Waals surface area contributed by atoms with Crippen molar-refractivity contribution in [3.8, 4) is 57.3 Å². The zero-order valence-corrected chi connectivity index (χ0v) is 43.6. The summed E-state index contributed by atoms with van der Waals surface area (Å²) in [6.45, 7) is 13.3. The van der Waals surface area contributed by atoms with Crippen LogP contribution >= 0.6 is 0 Å². The van der Waals surface area contributed by atoms with Gasteiger partial charge in [-0.05, 0) is 119 Å². The monoisotopic (exact) mass is 1010 g/mol. The van der Waals surface area contributed by atoms with E-state index < -0.39 is 5.60 Å². The summed E-state index contributed by atoms with van der Waals surface area (Å²) in [5.41, 5.74) is 16.3. The zero-order chi connectivity index (χ0) is 51.9. The van der Waals surface area contributed by atoms with Gasteiger partial charge in [0.15, 0.2) is 11.5 Å². The molecule has 0 amide bonds. The summed E-state index contributed by atoms with van der Waals surface area (Å²) in [4.78, 5) is 24.6. The van der Waals surface area contributed by atoms with Crippen LogP contribution < -0.4 is 44.0 Å². The van der Waals surface area contributed by atoms with Crippen molar-refractivity contribution in [2.45, 2.75) is 51.6 Å². The third-order valence-electron chi connectivity index (χ3n) is 14.3. The van der Waals surface area contributed by atoms with Crippen molar-refractivity contribution >= 4 is 39.1 Å². The summed E-state index contributed by atoms with van der Waals surface area (Å²) in [5.74, 6) is 4.74. The first-order chi connectivity index (χ1) is 36.6. The number of morpholine rings is 1. The lowest BCUT2D eigenvalue weighted by Crippen LogP contribution is -2.46. The number of aryl methyl sites for hydroxylation is 1.